The van der Waals surface area contributed by atoms with Gasteiger partial charge < -0.3 is 25.4 Å². The van der Waals surface area contributed by atoms with Gasteiger partial charge >= 0.3 is 6.03 Å². The zero-order chi connectivity index (χ0) is 23.0. The fraction of sp³-hybridized carbons (Fsp3) is 0.240. The Hall–Kier alpha value is -3.91. The van der Waals surface area contributed by atoms with Crippen molar-refractivity contribution in [1.82, 2.24) is 9.88 Å². The molecule has 2 heterocycles. The molecule has 4 rings (SSSR count). The molecule has 3 aromatic rings. The number of carbonyl (C=O) groups excluding carboxylic acids is 2. The number of ether oxygens (including phenoxy) is 1. The summed E-state index contributed by atoms with van der Waals surface area (Å²) in [5.41, 5.74) is 2.25. The van der Waals surface area contributed by atoms with Gasteiger partial charge in [0.1, 0.15) is 5.75 Å². The van der Waals surface area contributed by atoms with E-state index in [1.54, 1.807) is 71.9 Å². The molecule has 0 aliphatic carbocycles. The molecule has 3 N–H and O–H groups in total. The summed E-state index contributed by atoms with van der Waals surface area (Å²) in [6.45, 7) is 1.35. The maximum atomic E-state index is 13.2. The van der Waals surface area contributed by atoms with Crippen molar-refractivity contribution >= 4 is 23.3 Å². The van der Waals surface area contributed by atoms with E-state index in [9.17, 15) is 14.7 Å². The second kappa shape index (κ2) is 10.6. The highest BCUT2D eigenvalue weighted by Crippen LogP contribution is 2.22. The van der Waals surface area contributed by atoms with Crippen LogP contribution in [0.5, 0.6) is 5.75 Å². The summed E-state index contributed by atoms with van der Waals surface area (Å²) in [5.74, 6) is -0.121. The summed E-state index contributed by atoms with van der Waals surface area (Å²) in [6.07, 6.45) is 4.93. The summed E-state index contributed by atoms with van der Waals surface area (Å²) in [4.78, 5) is 31.1. The Bertz CT molecular complexity index is 1100. The minimum absolute atomic E-state index is 0.0346. The average Bonchev–Trinajstić information content (AvgIpc) is 3.34. The summed E-state index contributed by atoms with van der Waals surface area (Å²) in [5, 5.41) is 15.9. The van der Waals surface area contributed by atoms with E-state index in [-0.39, 0.29) is 30.3 Å². The number of phenols is 1. The zero-order valence-electron chi connectivity index (χ0n) is 18.1. The molecule has 1 aliphatic rings. The molecular formula is C25H26N4O4. The fourth-order valence-corrected chi connectivity index (χ4v) is 3.69. The molecule has 8 nitrogen and oxygen atoms in total. The lowest BCUT2D eigenvalue weighted by Gasteiger charge is -2.26. The number of nitrogens with one attached hydrogen (secondary N) is 2. The van der Waals surface area contributed by atoms with E-state index in [0.29, 0.717) is 35.7 Å². The van der Waals surface area contributed by atoms with Crippen LogP contribution in [0.25, 0.3) is 0 Å². The first kappa shape index (κ1) is 22.3. The minimum Gasteiger partial charge on any atom is -0.508 e. The number of benzene rings is 2. The van der Waals surface area contributed by atoms with E-state index in [4.69, 9.17) is 4.74 Å². The number of amides is 3. The Morgan fingerprint density at radius 3 is 2.52 bits per heavy atom. The topological polar surface area (TPSA) is 104 Å². The number of aromatic nitrogens is 1. The first-order valence-corrected chi connectivity index (χ1v) is 10.8. The lowest BCUT2D eigenvalue weighted by molar-refractivity contribution is 0.0817. The van der Waals surface area contributed by atoms with Crippen molar-refractivity contribution in [3.63, 3.8) is 0 Å². The lowest BCUT2D eigenvalue weighted by Crippen LogP contribution is -2.39. The molecule has 0 bridgehead atoms. The van der Waals surface area contributed by atoms with Crippen molar-refractivity contribution < 1.29 is 19.4 Å². The fourth-order valence-electron chi connectivity index (χ4n) is 3.69. The minimum atomic E-state index is -0.314. The Morgan fingerprint density at radius 2 is 1.79 bits per heavy atom. The predicted molar refractivity (Wildman–Crippen MR) is 125 cm³/mol. The summed E-state index contributed by atoms with van der Waals surface area (Å²) in [6, 6.07) is 16.9. The van der Waals surface area contributed by atoms with Gasteiger partial charge in [0.2, 0.25) is 0 Å². The van der Waals surface area contributed by atoms with Gasteiger partial charge in [0.15, 0.2) is 0 Å². The van der Waals surface area contributed by atoms with Crippen molar-refractivity contribution in [3.8, 4) is 5.75 Å². The molecule has 0 spiro atoms. The van der Waals surface area contributed by atoms with Gasteiger partial charge in [0, 0.05) is 48.0 Å². The predicted octanol–water partition coefficient (Wildman–Crippen LogP) is 4.25. The molecule has 1 saturated heterocycles. The van der Waals surface area contributed by atoms with Crippen LogP contribution in [-0.4, -0.2) is 46.2 Å². The van der Waals surface area contributed by atoms with E-state index >= 15 is 0 Å². The molecule has 0 radical (unpaired) electrons. The third kappa shape index (κ3) is 6.08. The molecule has 1 fully saturated rings. The maximum Gasteiger partial charge on any atom is 0.322 e. The van der Waals surface area contributed by atoms with Gasteiger partial charge in [0.05, 0.1) is 12.6 Å². The third-order valence-corrected chi connectivity index (χ3v) is 5.40. The number of aromatic hydroxyl groups is 1. The van der Waals surface area contributed by atoms with Gasteiger partial charge in [-0.15, -0.1) is 0 Å². The van der Waals surface area contributed by atoms with E-state index in [1.807, 2.05) is 6.07 Å². The standard InChI is InChI=1S/C25H26N4O4/c30-23-9-2-1-5-19(23)16-29(17-22-8-4-14-33-22)25(32)28-21-7-3-6-20(15-21)27-24(31)18-10-12-26-13-11-18/h1-3,5-7,9-13,15,22,30H,4,8,14,16-17H2,(H,27,31)(H,28,32)/t22-/m0/s1. The largest absolute Gasteiger partial charge is 0.508 e. The number of pyridine rings is 1. The van der Waals surface area contributed by atoms with Crippen LogP contribution in [-0.2, 0) is 11.3 Å². The van der Waals surface area contributed by atoms with Crippen molar-refractivity contribution in [2.45, 2.75) is 25.5 Å². The van der Waals surface area contributed by atoms with Gasteiger partial charge in [-0.2, -0.15) is 0 Å². The van der Waals surface area contributed by atoms with Crippen LogP contribution < -0.4 is 10.6 Å². The number of anilines is 2. The second-order valence-electron chi connectivity index (χ2n) is 7.85. The zero-order valence-corrected chi connectivity index (χ0v) is 18.1. The van der Waals surface area contributed by atoms with Crippen LogP contribution in [0.15, 0.2) is 73.1 Å². The van der Waals surface area contributed by atoms with Crippen molar-refractivity contribution in [3.05, 3.63) is 84.2 Å². The molecule has 3 amide bonds. The molecule has 0 saturated carbocycles. The van der Waals surface area contributed by atoms with E-state index < -0.39 is 0 Å². The quantitative estimate of drug-likeness (QED) is 0.503. The molecule has 1 aliphatic heterocycles. The maximum absolute atomic E-state index is 13.2. The number of rotatable bonds is 7. The number of hydrogen-bond acceptors (Lipinski definition) is 5. The van der Waals surface area contributed by atoms with Crippen molar-refractivity contribution in [1.29, 1.82) is 0 Å². The molecule has 1 atom stereocenters. The number of phenolic OH excluding ortho intramolecular Hbond substituents is 1. The monoisotopic (exact) mass is 446 g/mol. The van der Waals surface area contributed by atoms with Crippen molar-refractivity contribution in [2.75, 3.05) is 23.8 Å². The van der Waals surface area contributed by atoms with Crippen LogP contribution in [0, 0.1) is 0 Å². The van der Waals surface area contributed by atoms with E-state index in [1.165, 1.54) is 0 Å². The Kier molecular flexibility index (Phi) is 7.16. The molecular weight excluding hydrogens is 420 g/mol. The Labute approximate surface area is 192 Å². The number of para-hydroxylation sites is 1. The van der Waals surface area contributed by atoms with Gasteiger partial charge in [0.25, 0.3) is 5.91 Å². The van der Waals surface area contributed by atoms with Crippen LogP contribution in [0.3, 0.4) is 0 Å². The van der Waals surface area contributed by atoms with Gasteiger partial charge in [-0.3, -0.25) is 9.78 Å². The SMILES string of the molecule is O=C(Nc1cccc(NC(=O)N(Cc2ccccc2O)C[C@@H]2CCCO2)c1)c1ccncc1. The molecule has 33 heavy (non-hydrogen) atoms. The van der Waals surface area contributed by atoms with Gasteiger partial charge in [-0.25, -0.2) is 4.79 Å². The first-order chi connectivity index (χ1) is 16.1. The molecule has 0 unspecified atom stereocenters. The lowest BCUT2D eigenvalue weighted by atomic mass is 10.1. The average molecular weight is 447 g/mol. The Morgan fingerprint density at radius 1 is 1.03 bits per heavy atom. The van der Waals surface area contributed by atoms with E-state index in [2.05, 4.69) is 15.6 Å². The summed E-state index contributed by atoms with van der Waals surface area (Å²) < 4.78 is 5.72. The summed E-state index contributed by atoms with van der Waals surface area (Å²) >= 11 is 0. The number of urea groups is 1. The highest BCUT2D eigenvalue weighted by Gasteiger charge is 2.23. The number of nitrogens with zero attached hydrogens (tertiary/aromatic N) is 2. The van der Waals surface area contributed by atoms with Crippen molar-refractivity contribution in [2.24, 2.45) is 0 Å². The van der Waals surface area contributed by atoms with Crippen LogP contribution in [0.1, 0.15) is 28.8 Å². The molecule has 2 aromatic carbocycles. The highest BCUT2D eigenvalue weighted by molar-refractivity contribution is 6.04. The van der Waals surface area contributed by atoms with Crippen LogP contribution >= 0.6 is 0 Å². The molecule has 8 heteroatoms. The number of hydrogen-bond donors (Lipinski definition) is 3. The smallest absolute Gasteiger partial charge is 0.322 e. The van der Waals surface area contributed by atoms with Crippen LogP contribution in [0.2, 0.25) is 0 Å². The highest BCUT2D eigenvalue weighted by atomic mass is 16.5. The van der Waals surface area contributed by atoms with Crippen LogP contribution in [0.4, 0.5) is 16.2 Å². The first-order valence-electron chi connectivity index (χ1n) is 10.8. The van der Waals surface area contributed by atoms with Gasteiger partial charge in [-0.05, 0) is 49.2 Å². The normalized spacial score (nSPS) is 15.1. The molecule has 1 aromatic heterocycles. The number of carbonyl (C=O) groups is 2. The Balaban J connectivity index is 1.46. The van der Waals surface area contributed by atoms with E-state index in [0.717, 1.165) is 12.8 Å². The second-order valence-corrected chi connectivity index (χ2v) is 7.85. The summed E-state index contributed by atoms with van der Waals surface area (Å²) in [7, 11) is 0. The molecule has 170 valence electrons. The van der Waals surface area contributed by atoms with Gasteiger partial charge in [-0.1, -0.05) is 24.3 Å². The third-order valence-electron chi connectivity index (χ3n) is 5.40.